The largest absolute Gasteiger partial charge is 0.301 e. The second kappa shape index (κ2) is 22.3. The lowest BCUT2D eigenvalue weighted by Gasteiger charge is -2.29. The lowest BCUT2D eigenvalue weighted by atomic mass is 10.1. The van der Waals surface area contributed by atoms with E-state index in [1.54, 1.807) is 0 Å². The van der Waals surface area contributed by atoms with Crippen LogP contribution in [0.5, 0.6) is 0 Å². The van der Waals surface area contributed by atoms with E-state index in [2.05, 4.69) is 32.6 Å². The number of hydrogen-bond donors (Lipinski definition) is 0. The van der Waals surface area contributed by atoms with Crippen LogP contribution in [0.3, 0.4) is 0 Å². The van der Waals surface area contributed by atoms with Crippen LogP contribution < -0.4 is 0 Å². The fraction of sp³-hybridized carbons (Fsp3) is 1.00. The highest BCUT2D eigenvalue weighted by atomic mass is 15.1. The van der Waals surface area contributed by atoms with Crippen LogP contribution in [0.15, 0.2) is 0 Å². The highest BCUT2D eigenvalue weighted by molar-refractivity contribution is 4.68. The molecule has 164 valence electrons. The van der Waals surface area contributed by atoms with Crippen molar-refractivity contribution in [3.05, 3.63) is 0 Å². The minimum atomic E-state index is 0.791. The number of unbranched alkanes of at least 4 members (excludes halogenated alkanes) is 15. The molecular formula is C26H55N. The quantitative estimate of drug-likeness (QED) is 0.169. The van der Waals surface area contributed by atoms with Gasteiger partial charge >= 0.3 is 0 Å². The van der Waals surface area contributed by atoms with Crippen molar-refractivity contribution in [2.45, 2.75) is 156 Å². The van der Waals surface area contributed by atoms with Crippen LogP contribution >= 0.6 is 0 Å². The van der Waals surface area contributed by atoms with Gasteiger partial charge in [-0.25, -0.2) is 0 Å². The number of rotatable bonds is 22. The summed E-state index contributed by atoms with van der Waals surface area (Å²) in [5.41, 5.74) is 0. The molecule has 0 spiro atoms. The van der Waals surface area contributed by atoms with E-state index in [1.807, 2.05) is 0 Å². The molecule has 0 rings (SSSR count). The van der Waals surface area contributed by atoms with Crippen molar-refractivity contribution in [3.8, 4) is 0 Å². The van der Waals surface area contributed by atoms with Gasteiger partial charge in [0.2, 0.25) is 0 Å². The van der Waals surface area contributed by atoms with Crippen LogP contribution in [-0.2, 0) is 0 Å². The van der Waals surface area contributed by atoms with Gasteiger partial charge in [-0.2, -0.15) is 0 Å². The van der Waals surface area contributed by atoms with Gasteiger partial charge in [-0.05, 0) is 39.3 Å². The lowest BCUT2D eigenvalue weighted by molar-refractivity contribution is 0.188. The van der Waals surface area contributed by atoms with Gasteiger partial charge in [-0.15, -0.1) is 0 Å². The van der Waals surface area contributed by atoms with Gasteiger partial charge in [0.1, 0.15) is 0 Å². The van der Waals surface area contributed by atoms with Gasteiger partial charge in [-0.1, -0.05) is 124 Å². The van der Waals surface area contributed by atoms with Crippen LogP contribution in [0.4, 0.5) is 0 Å². The van der Waals surface area contributed by atoms with Gasteiger partial charge in [0.15, 0.2) is 0 Å². The van der Waals surface area contributed by atoms with Gasteiger partial charge in [-0.3, -0.25) is 0 Å². The topological polar surface area (TPSA) is 3.24 Å². The zero-order chi connectivity index (χ0) is 20.0. The first kappa shape index (κ1) is 27.0. The molecule has 0 aromatic heterocycles. The van der Waals surface area contributed by atoms with E-state index in [4.69, 9.17) is 0 Å². The maximum Gasteiger partial charge on any atom is 0.00669 e. The van der Waals surface area contributed by atoms with Gasteiger partial charge in [0.05, 0.1) is 0 Å². The SMILES string of the molecule is CCCCCCCCCCN(CCCCCCCCCC)C(C)CCCC. The van der Waals surface area contributed by atoms with E-state index in [9.17, 15) is 0 Å². The van der Waals surface area contributed by atoms with Crippen LogP contribution in [-0.4, -0.2) is 24.0 Å². The predicted octanol–water partition coefficient (Wildman–Crippen LogP) is 9.15. The summed E-state index contributed by atoms with van der Waals surface area (Å²) in [6.07, 6.45) is 27.1. The first-order chi connectivity index (χ1) is 13.3. The summed E-state index contributed by atoms with van der Waals surface area (Å²) >= 11 is 0. The Morgan fingerprint density at radius 1 is 0.444 bits per heavy atom. The Morgan fingerprint density at radius 3 is 1.15 bits per heavy atom. The fourth-order valence-electron chi connectivity index (χ4n) is 4.13. The highest BCUT2D eigenvalue weighted by Gasteiger charge is 2.12. The van der Waals surface area contributed by atoms with E-state index in [0.29, 0.717) is 0 Å². The third-order valence-electron chi connectivity index (χ3n) is 6.20. The van der Waals surface area contributed by atoms with Gasteiger partial charge in [0, 0.05) is 6.04 Å². The molecule has 0 aromatic carbocycles. The zero-order valence-electron chi connectivity index (χ0n) is 19.9. The summed E-state index contributed by atoms with van der Waals surface area (Å²) in [4.78, 5) is 2.82. The summed E-state index contributed by atoms with van der Waals surface area (Å²) < 4.78 is 0. The molecule has 0 radical (unpaired) electrons. The third kappa shape index (κ3) is 19.1. The average Bonchev–Trinajstić information content (AvgIpc) is 2.68. The summed E-state index contributed by atoms with van der Waals surface area (Å²) in [5.74, 6) is 0. The number of hydrogen-bond acceptors (Lipinski definition) is 1. The first-order valence-electron chi connectivity index (χ1n) is 13.0. The molecule has 0 fully saturated rings. The van der Waals surface area contributed by atoms with E-state index in [0.717, 1.165) is 6.04 Å². The number of nitrogens with zero attached hydrogens (tertiary/aromatic N) is 1. The van der Waals surface area contributed by atoms with Crippen molar-refractivity contribution in [3.63, 3.8) is 0 Å². The second-order valence-electron chi connectivity index (χ2n) is 8.98. The van der Waals surface area contributed by atoms with Crippen molar-refractivity contribution < 1.29 is 0 Å². The predicted molar refractivity (Wildman–Crippen MR) is 126 cm³/mol. The Morgan fingerprint density at radius 2 is 0.778 bits per heavy atom. The molecule has 1 unspecified atom stereocenters. The van der Waals surface area contributed by atoms with Crippen molar-refractivity contribution in [2.75, 3.05) is 13.1 Å². The summed E-state index contributed by atoms with van der Waals surface area (Å²) in [5, 5.41) is 0. The summed E-state index contributed by atoms with van der Waals surface area (Å²) in [6, 6.07) is 0.791. The fourth-order valence-corrected chi connectivity index (χ4v) is 4.13. The molecule has 1 atom stereocenters. The van der Waals surface area contributed by atoms with Crippen LogP contribution in [0.2, 0.25) is 0 Å². The standard InChI is InChI=1S/C26H55N/c1-5-8-11-13-15-17-19-21-24-27(26(4)23-10-7-3)25-22-20-18-16-14-12-9-6-2/h26H,5-25H2,1-4H3. The molecular weight excluding hydrogens is 326 g/mol. The van der Waals surface area contributed by atoms with Crippen LogP contribution in [0.1, 0.15) is 150 Å². The molecule has 0 aliphatic heterocycles. The van der Waals surface area contributed by atoms with E-state index in [-0.39, 0.29) is 0 Å². The van der Waals surface area contributed by atoms with E-state index >= 15 is 0 Å². The Bertz CT molecular complexity index is 243. The third-order valence-corrected chi connectivity index (χ3v) is 6.20. The molecule has 0 saturated heterocycles. The van der Waals surface area contributed by atoms with Crippen molar-refractivity contribution in [2.24, 2.45) is 0 Å². The zero-order valence-corrected chi connectivity index (χ0v) is 19.9. The highest BCUT2D eigenvalue weighted by Crippen LogP contribution is 2.15. The van der Waals surface area contributed by atoms with Crippen molar-refractivity contribution >= 4 is 0 Å². The molecule has 27 heavy (non-hydrogen) atoms. The Labute approximate surface area is 174 Å². The average molecular weight is 382 g/mol. The molecule has 0 N–H and O–H groups in total. The summed E-state index contributed by atoms with van der Waals surface area (Å²) in [6.45, 7) is 12.1. The molecule has 0 amide bonds. The van der Waals surface area contributed by atoms with Gasteiger partial charge in [0.25, 0.3) is 0 Å². The molecule has 0 saturated carbocycles. The summed E-state index contributed by atoms with van der Waals surface area (Å²) in [7, 11) is 0. The molecule has 0 aliphatic rings. The molecule has 0 aliphatic carbocycles. The maximum atomic E-state index is 2.82. The monoisotopic (exact) mass is 381 g/mol. The van der Waals surface area contributed by atoms with E-state index in [1.165, 1.54) is 135 Å². The molecule has 0 heterocycles. The Balaban J connectivity index is 3.84. The van der Waals surface area contributed by atoms with Crippen molar-refractivity contribution in [1.29, 1.82) is 0 Å². The maximum absolute atomic E-state index is 2.82. The minimum Gasteiger partial charge on any atom is -0.301 e. The second-order valence-corrected chi connectivity index (χ2v) is 8.98. The Kier molecular flexibility index (Phi) is 22.2. The minimum absolute atomic E-state index is 0.791. The lowest BCUT2D eigenvalue weighted by Crippen LogP contribution is -2.35. The van der Waals surface area contributed by atoms with Crippen LogP contribution in [0.25, 0.3) is 0 Å². The Hall–Kier alpha value is -0.0400. The molecule has 0 aromatic rings. The first-order valence-corrected chi connectivity index (χ1v) is 13.0. The van der Waals surface area contributed by atoms with Crippen molar-refractivity contribution in [1.82, 2.24) is 4.90 Å². The van der Waals surface area contributed by atoms with E-state index < -0.39 is 0 Å². The smallest absolute Gasteiger partial charge is 0.00669 e. The van der Waals surface area contributed by atoms with Crippen LogP contribution in [0, 0.1) is 0 Å². The molecule has 0 bridgehead atoms. The molecule has 1 heteroatoms. The molecule has 1 nitrogen and oxygen atoms in total. The normalized spacial score (nSPS) is 12.8. The van der Waals surface area contributed by atoms with Gasteiger partial charge < -0.3 is 4.90 Å².